The van der Waals surface area contributed by atoms with Gasteiger partial charge in [-0.2, -0.15) is 0 Å². The monoisotopic (exact) mass is 254 g/mol. The highest BCUT2D eigenvalue weighted by Crippen LogP contribution is 2.29. The highest BCUT2D eigenvalue weighted by molar-refractivity contribution is 4.87. The van der Waals surface area contributed by atoms with Gasteiger partial charge in [-0.05, 0) is 18.8 Å². The zero-order valence-corrected chi connectivity index (χ0v) is 12.2. The minimum absolute atomic E-state index is 0.377. The van der Waals surface area contributed by atoms with Crippen LogP contribution in [-0.4, -0.2) is 59.8 Å². The summed E-state index contributed by atoms with van der Waals surface area (Å²) >= 11 is 0. The molecule has 1 aliphatic carbocycles. The molecular weight excluding hydrogens is 224 g/mol. The molecule has 0 atom stereocenters. The van der Waals surface area contributed by atoms with E-state index in [2.05, 4.69) is 23.6 Å². The quantitative estimate of drug-likeness (QED) is 0.831. The first kappa shape index (κ1) is 14.3. The molecule has 1 saturated carbocycles. The largest absolute Gasteiger partial charge is 0.389 e. The average molecular weight is 254 g/mol. The van der Waals surface area contributed by atoms with Crippen LogP contribution in [0.1, 0.15) is 46.0 Å². The molecule has 0 aromatic carbocycles. The summed E-state index contributed by atoms with van der Waals surface area (Å²) in [5.74, 6) is 0.763. The predicted octanol–water partition coefficient (Wildman–Crippen LogP) is 1.96. The van der Waals surface area contributed by atoms with Crippen molar-refractivity contribution >= 4 is 0 Å². The molecule has 1 N–H and O–H groups in total. The SMILES string of the molecule is CC(C)CN1CCN(CC2(O)CCCCC2)CC1. The molecule has 18 heavy (non-hydrogen) atoms. The number of β-amino-alcohol motifs (C(OH)–C–C–N with tert-alkyl or cyclic N) is 1. The van der Waals surface area contributed by atoms with Crippen LogP contribution in [0.3, 0.4) is 0 Å². The summed E-state index contributed by atoms with van der Waals surface area (Å²) in [6.07, 6.45) is 5.76. The fourth-order valence-electron chi connectivity index (χ4n) is 3.43. The lowest BCUT2D eigenvalue weighted by Gasteiger charge is -2.41. The van der Waals surface area contributed by atoms with E-state index < -0.39 is 0 Å². The topological polar surface area (TPSA) is 26.7 Å². The zero-order valence-electron chi connectivity index (χ0n) is 12.2. The van der Waals surface area contributed by atoms with Gasteiger partial charge in [-0.3, -0.25) is 4.90 Å². The molecule has 0 aromatic heterocycles. The Morgan fingerprint density at radius 2 is 1.50 bits per heavy atom. The van der Waals surface area contributed by atoms with Crippen LogP contribution in [0.5, 0.6) is 0 Å². The number of aliphatic hydroxyl groups is 1. The Labute approximate surface area is 112 Å². The van der Waals surface area contributed by atoms with Crippen LogP contribution in [0, 0.1) is 5.92 Å². The van der Waals surface area contributed by atoms with Crippen LogP contribution in [0.25, 0.3) is 0 Å². The predicted molar refractivity (Wildman–Crippen MR) is 75.8 cm³/mol. The Hall–Kier alpha value is -0.120. The smallest absolute Gasteiger partial charge is 0.0774 e. The van der Waals surface area contributed by atoms with E-state index in [4.69, 9.17) is 0 Å². The number of piperazine rings is 1. The van der Waals surface area contributed by atoms with Crippen LogP contribution >= 0.6 is 0 Å². The molecule has 2 fully saturated rings. The van der Waals surface area contributed by atoms with Crippen LogP contribution in [0.4, 0.5) is 0 Å². The molecule has 0 unspecified atom stereocenters. The van der Waals surface area contributed by atoms with Gasteiger partial charge in [0.1, 0.15) is 0 Å². The van der Waals surface area contributed by atoms with Crippen molar-refractivity contribution in [1.82, 2.24) is 9.80 Å². The zero-order chi connectivity index (χ0) is 13.0. The molecule has 0 amide bonds. The Bertz CT molecular complexity index is 241. The minimum Gasteiger partial charge on any atom is -0.389 e. The van der Waals surface area contributed by atoms with E-state index in [0.717, 1.165) is 38.4 Å². The van der Waals surface area contributed by atoms with Crippen LogP contribution in [0.2, 0.25) is 0 Å². The van der Waals surface area contributed by atoms with Crippen molar-refractivity contribution in [3.05, 3.63) is 0 Å². The maximum atomic E-state index is 10.6. The van der Waals surface area contributed by atoms with Gasteiger partial charge >= 0.3 is 0 Å². The summed E-state index contributed by atoms with van der Waals surface area (Å²) in [6.45, 7) is 11.3. The third kappa shape index (κ3) is 4.22. The fourth-order valence-corrected chi connectivity index (χ4v) is 3.43. The first-order valence-electron chi connectivity index (χ1n) is 7.74. The fraction of sp³-hybridized carbons (Fsp3) is 1.00. The maximum absolute atomic E-state index is 10.6. The molecule has 0 bridgehead atoms. The van der Waals surface area contributed by atoms with Crippen molar-refractivity contribution in [3.63, 3.8) is 0 Å². The molecule has 0 aromatic rings. The van der Waals surface area contributed by atoms with Gasteiger partial charge in [-0.25, -0.2) is 0 Å². The van der Waals surface area contributed by atoms with Gasteiger partial charge in [0, 0.05) is 39.3 Å². The Balaban J connectivity index is 1.72. The molecule has 0 radical (unpaired) electrons. The van der Waals surface area contributed by atoms with E-state index >= 15 is 0 Å². The first-order chi connectivity index (χ1) is 8.57. The molecule has 2 rings (SSSR count). The van der Waals surface area contributed by atoms with Crippen LogP contribution in [-0.2, 0) is 0 Å². The van der Waals surface area contributed by atoms with E-state index in [1.807, 2.05) is 0 Å². The van der Waals surface area contributed by atoms with Gasteiger partial charge in [0.2, 0.25) is 0 Å². The summed E-state index contributed by atoms with van der Waals surface area (Å²) in [4.78, 5) is 5.04. The van der Waals surface area contributed by atoms with Crippen molar-refractivity contribution in [1.29, 1.82) is 0 Å². The molecule has 106 valence electrons. The van der Waals surface area contributed by atoms with E-state index in [0.29, 0.717) is 0 Å². The highest BCUT2D eigenvalue weighted by atomic mass is 16.3. The van der Waals surface area contributed by atoms with Crippen LogP contribution < -0.4 is 0 Å². The molecule has 0 spiro atoms. The summed E-state index contributed by atoms with van der Waals surface area (Å²) in [7, 11) is 0. The number of nitrogens with zero attached hydrogens (tertiary/aromatic N) is 2. The second kappa shape index (κ2) is 6.36. The molecule has 1 saturated heterocycles. The lowest BCUT2D eigenvalue weighted by molar-refractivity contribution is -0.0360. The van der Waals surface area contributed by atoms with E-state index in [1.165, 1.54) is 38.9 Å². The highest BCUT2D eigenvalue weighted by Gasteiger charge is 2.32. The third-order valence-corrected chi connectivity index (χ3v) is 4.39. The van der Waals surface area contributed by atoms with Gasteiger partial charge < -0.3 is 10.0 Å². The molecule has 3 heteroatoms. The molecule has 2 aliphatic rings. The summed E-state index contributed by atoms with van der Waals surface area (Å²) in [5, 5.41) is 10.6. The standard InChI is InChI=1S/C15H30N2O/c1-14(2)12-16-8-10-17(11-9-16)13-15(18)6-4-3-5-7-15/h14,18H,3-13H2,1-2H3. The van der Waals surface area contributed by atoms with Crippen molar-refractivity contribution in [2.24, 2.45) is 5.92 Å². The Morgan fingerprint density at radius 3 is 2.06 bits per heavy atom. The van der Waals surface area contributed by atoms with Crippen molar-refractivity contribution in [2.45, 2.75) is 51.6 Å². The molecular formula is C15H30N2O. The molecule has 1 heterocycles. The second-order valence-corrected chi connectivity index (χ2v) is 6.76. The number of hydrogen-bond acceptors (Lipinski definition) is 3. The van der Waals surface area contributed by atoms with Gasteiger partial charge in [0.05, 0.1) is 5.60 Å². The van der Waals surface area contributed by atoms with Gasteiger partial charge in [-0.1, -0.05) is 33.1 Å². The van der Waals surface area contributed by atoms with E-state index in [9.17, 15) is 5.11 Å². The van der Waals surface area contributed by atoms with Crippen molar-refractivity contribution in [2.75, 3.05) is 39.3 Å². The lowest BCUT2D eigenvalue weighted by atomic mass is 9.84. The average Bonchev–Trinajstić information content (AvgIpc) is 2.31. The lowest BCUT2D eigenvalue weighted by Crippen LogP contribution is -2.52. The second-order valence-electron chi connectivity index (χ2n) is 6.76. The Kier molecular flexibility index (Phi) is 5.05. The van der Waals surface area contributed by atoms with Crippen molar-refractivity contribution < 1.29 is 5.11 Å². The summed E-state index contributed by atoms with van der Waals surface area (Å²) < 4.78 is 0. The molecule has 3 nitrogen and oxygen atoms in total. The molecule has 1 aliphatic heterocycles. The van der Waals surface area contributed by atoms with Crippen molar-refractivity contribution in [3.8, 4) is 0 Å². The van der Waals surface area contributed by atoms with E-state index in [-0.39, 0.29) is 5.60 Å². The normalized spacial score (nSPS) is 26.7. The number of rotatable bonds is 4. The Morgan fingerprint density at radius 1 is 0.944 bits per heavy atom. The van der Waals surface area contributed by atoms with Gasteiger partial charge in [0.15, 0.2) is 0 Å². The summed E-state index contributed by atoms with van der Waals surface area (Å²) in [6, 6.07) is 0. The first-order valence-corrected chi connectivity index (χ1v) is 7.74. The number of hydrogen-bond donors (Lipinski definition) is 1. The van der Waals surface area contributed by atoms with Gasteiger partial charge in [0.25, 0.3) is 0 Å². The summed E-state index contributed by atoms with van der Waals surface area (Å²) in [5.41, 5.74) is -0.377. The minimum atomic E-state index is -0.377. The van der Waals surface area contributed by atoms with Crippen LogP contribution in [0.15, 0.2) is 0 Å². The van der Waals surface area contributed by atoms with Gasteiger partial charge in [-0.15, -0.1) is 0 Å². The maximum Gasteiger partial charge on any atom is 0.0774 e. The third-order valence-electron chi connectivity index (χ3n) is 4.39. The van der Waals surface area contributed by atoms with E-state index in [1.54, 1.807) is 0 Å².